The Balaban J connectivity index is 1.58. The van der Waals surface area contributed by atoms with Gasteiger partial charge in [0, 0.05) is 24.4 Å². The number of carbonyl (C=O) groups is 2. The molecule has 1 aromatic heterocycles. The number of primary amides is 1. The molecule has 0 saturated heterocycles. The molecule has 1 unspecified atom stereocenters. The zero-order chi connectivity index (χ0) is 21.6. The molecule has 2 N–H and O–H groups in total. The molecule has 0 spiro atoms. The predicted octanol–water partition coefficient (Wildman–Crippen LogP) is 3.98. The van der Waals surface area contributed by atoms with Gasteiger partial charge in [-0.05, 0) is 30.9 Å². The van der Waals surface area contributed by atoms with E-state index in [4.69, 9.17) is 28.9 Å². The lowest BCUT2D eigenvalue weighted by molar-refractivity contribution is -0.136. The maximum Gasteiger partial charge on any atom is 0.252 e. The fourth-order valence-electron chi connectivity index (χ4n) is 4.17. The number of alkyl halides is 2. The Labute approximate surface area is 181 Å². The molecule has 2 atom stereocenters. The van der Waals surface area contributed by atoms with E-state index in [1.165, 1.54) is 0 Å². The molecule has 0 radical (unpaired) electrons. The number of hydrogen-bond donors (Lipinski definition) is 1. The number of rotatable bonds is 5. The zero-order valence-electron chi connectivity index (χ0n) is 16.0. The van der Waals surface area contributed by atoms with Crippen LogP contribution in [-0.2, 0) is 17.9 Å². The Morgan fingerprint density at radius 3 is 2.57 bits per heavy atom. The van der Waals surface area contributed by atoms with Gasteiger partial charge in [0.15, 0.2) is 0 Å². The first-order valence-electron chi connectivity index (χ1n) is 9.67. The van der Waals surface area contributed by atoms with Gasteiger partial charge in [0.05, 0.1) is 34.4 Å². The number of nitrogens with zero attached hydrogens (tertiary/aromatic N) is 3. The van der Waals surface area contributed by atoms with E-state index in [0.29, 0.717) is 52.9 Å². The Morgan fingerprint density at radius 1 is 1.20 bits per heavy atom. The third kappa shape index (κ3) is 3.78. The lowest BCUT2D eigenvalue weighted by Crippen LogP contribution is -2.42. The fourth-order valence-corrected chi connectivity index (χ4v) is 4.47. The lowest BCUT2D eigenvalue weighted by Gasteiger charge is -2.37. The van der Waals surface area contributed by atoms with Crippen LogP contribution in [-0.4, -0.2) is 39.5 Å². The van der Waals surface area contributed by atoms with E-state index in [1.807, 2.05) is 0 Å². The zero-order valence-corrected chi connectivity index (χ0v) is 17.5. The average Bonchev–Trinajstić information content (AvgIpc) is 3.05. The van der Waals surface area contributed by atoms with Crippen LogP contribution in [0.2, 0.25) is 10.0 Å². The van der Waals surface area contributed by atoms with Gasteiger partial charge >= 0.3 is 0 Å². The monoisotopic (exact) mass is 456 g/mol. The van der Waals surface area contributed by atoms with Crippen molar-refractivity contribution in [3.63, 3.8) is 0 Å². The normalized spacial score (nSPS) is 20.8. The van der Waals surface area contributed by atoms with E-state index in [-0.39, 0.29) is 30.4 Å². The van der Waals surface area contributed by atoms with Gasteiger partial charge in [-0.25, -0.2) is 8.78 Å². The van der Waals surface area contributed by atoms with Crippen molar-refractivity contribution in [2.45, 2.75) is 38.8 Å². The van der Waals surface area contributed by atoms with Crippen molar-refractivity contribution in [2.75, 3.05) is 6.54 Å². The summed E-state index contributed by atoms with van der Waals surface area (Å²) in [6, 6.07) is 4.91. The summed E-state index contributed by atoms with van der Waals surface area (Å²) in [5.74, 6) is -1.84. The number of fused-ring (bicyclic) bond motifs is 1. The third-order valence-corrected chi connectivity index (χ3v) is 6.75. The van der Waals surface area contributed by atoms with Crippen LogP contribution in [0.4, 0.5) is 8.78 Å². The Hall–Kier alpha value is -2.19. The standard InChI is InChI=1S/C20H20Cl2F2N4O2/c21-13-4-2-11(7-14(13)22)18-17(20(25)30)15-9-27(5-6-28(15)26-18)16(29)8-10-1-3-12(10)19(23)24/h2,4,7,10,12,19H,1,3,5-6,8-9H2,(H2,25,30)/t10-,12?/m0/s1. The van der Waals surface area contributed by atoms with Gasteiger partial charge in [-0.15, -0.1) is 0 Å². The number of nitrogens with two attached hydrogens (primary N) is 1. The van der Waals surface area contributed by atoms with E-state index < -0.39 is 18.3 Å². The summed E-state index contributed by atoms with van der Waals surface area (Å²) in [6.07, 6.45) is -1.20. The van der Waals surface area contributed by atoms with Gasteiger partial charge in [-0.1, -0.05) is 29.3 Å². The van der Waals surface area contributed by atoms with E-state index in [1.54, 1.807) is 27.8 Å². The molecule has 1 saturated carbocycles. The molecule has 10 heteroatoms. The Bertz CT molecular complexity index is 1010. The minimum atomic E-state index is -2.39. The first-order chi connectivity index (χ1) is 14.3. The minimum absolute atomic E-state index is 0.0920. The first-order valence-corrected chi connectivity index (χ1v) is 10.4. The molecule has 2 amide bonds. The second kappa shape index (κ2) is 8.15. The molecule has 6 nitrogen and oxygen atoms in total. The molecule has 0 bridgehead atoms. The molecule has 1 aromatic carbocycles. The molecular formula is C20H20Cl2F2N4O2. The second-order valence-corrected chi connectivity index (χ2v) is 8.56. The average molecular weight is 457 g/mol. The molecular weight excluding hydrogens is 437 g/mol. The van der Waals surface area contributed by atoms with Crippen LogP contribution in [0.3, 0.4) is 0 Å². The molecule has 160 valence electrons. The molecule has 1 aliphatic carbocycles. The summed E-state index contributed by atoms with van der Waals surface area (Å²) in [5.41, 5.74) is 7.35. The summed E-state index contributed by atoms with van der Waals surface area (Å²) in [4.78, 5) is 26.5. The van der Waals surface area contributed by atoms with Crippen LogP contribution in [0.15, 0.2) is 18.2 Å². The summed E-state index contributed by atoms with van der Waals surface area (Å²) in [6.45, 7) is 0.918. The quantitative estimate of drug-likeness (QED) is 0.738. The molecule has 2 aromatic rings. The van der Waals surface area contributed by atoms with Crippen molar-refractivity contribution < 1.29 is 18.4 Å². The molecule has 2 heterocycles. The van der Waals surface area contributed by atoms with E-state index in [2.05, 4.69) is 5.10 Å². The van der Waals surface area contributed by atoms with Crippen LogP contribution in [0.1, 0.15) is 35.3 Å². The highest BCUT2D eigenvalue weighted by molar-refractivity contribution is 6.42. The fraction of sp³-hybridized carbons (Fsp3) is 0.450. The van der Waals surface area contributed by atoms with Gasteiger partial charge in [0.25, 0.3) is 5.91 Å². The maximum atomic E-state index is 13.0. The van der Waals surface area contributed by atoms with E-state index in [0.717, 1.165) is 0 Å². The highest BCUT2D eigenvalue weighted by atomic mass is 35.5. The van der Waals surface area contributed by atoms with Crippen LogP contribution < -0.4 is 5.73 Å². The van der Waals surface area contributed by atoms with Crippen molar-refractivity contribution in [1.29, 1.82) is 0 Å². The summed E-state index contributed by atoms with van der Waals surface area (Å²) >= 11 is 12.1. The highest BCUT2D eigenvalue weighted by Crippen LogP contribution is 2.41. The third-order valence-electron chi connectivity index (χ3n) is 6.01. The largest absolute Gasteiger partial charge is 0.365 e. The molecule has 1 fully saturated rings. The summed E-state index contributed by atoms with van der Waals surface area (Å²) < 4.78 is 27.6. The van der Waals surface area contributed by atoms with Crippen molar-refractivity contribution in [2.24, 2.45) is 17.6 Å². The predicted molar refractivity (Wildman–Crippen MR) is 108 cm³/mol. The van der Waals surface area contributed by atoms with Gasteiger partial charge in [0.1, 0.15) is 5.69 Å². The Kier molecular flexibility index (Phi) is 5.72. The van der Waals surface area contributed by atoms with Gasteiger partial charge < -0.3 is 10.6 Å². The van der Waals surface area contributed by atoms with Gasteiger partial charge in [-0.2, -0.15) is 5.10 Å². The van der Waals surface area contributed by atoms with Crippen LogP contribution in [0.5, 0.6) is 0 Å². The molecule has 1 aliphatic heterocycles. The molecule has 2 aliphatic rings. The molecule has 30 heavy (non-hydrogen) atoms. The van der Waals surface area contributed by atoms with Crippen molar-refractivity contribution >= 4 is 35.0 Å². The van der Waals surface area contributed by atoms with Crippen LogP contribution >= 0.6 is 23.2 Å². The van der Waals surface area contributed by atoms with Crippen molar-refractivity contribution in [1.82, 2.24) is 14.7 Å². The lowest BCUT2D eigenvalue weighted by atomic mass is 9.72. The van der Waals surface area contributed by atoms with Crippen molar-refractivity contribution in [3.05, 3.63) is 39.5 Å². The van der Waals surface area contributed by atoms with Crippen LogP contribution in [0, 0.1) is 11.8 Å². The Morgan fingerprint density at radius 2 is 1.97 bits per heavy atom. The second-order valence-electron chi connectivity index (χ2n) is 7.74. The van der Waals surface area contributed by atoms with E-state index in [9.17, 15) is 18.4 Å². The summed E-state index contributed by atoms with van der Waals surface area (Å²) in [7, 11) is 0. The van der Waals surface area contributed by atoms with Crippen molar-refractivity contribution in [3.8, 4) is 11.3 Å². The smallest absolute Gasteiger partial charge is 0.252 e. The van der Waals surface area contributed by atoms with E-state index >= 15 is 0 Å². The molecule has 4 rings (SSSR count). The number of halogens is 4. The number of carbonyl (C=O) groups excluding carboxylic acids is 2. The van der Waals surface area contributed by atoms with Gasteiger partial charge in [0.2, 0.25) is 12.3 Å². The maximum absolute atomic E-state index is 13.0. The van der Waals surface area contributed by atoms with Crippen LogP contribution in [0.25, 0.3) is 11.3 Å². The number of amides is 2. The number of benzene rings is 1. The topological polar surface area (TPSA) is 81.2 Å². The highest BCUT2D eigenvalue weighted by Gasteiger charge is 2.40. The van der Waals surface area contributed by atoms with Gasteiger partial charge in [-0.3, -0.25) is 14.3 Å². The number of aromatic nitrogens is 2. The SMILES string of the molecule is NC(=O)c1c(-c2ccc(Cl)c(Cl)c2)nn2c1CN(C(=O)C[C@@H]1CCC1C(F)F)CC2. The minimum Gasteiger partial charge on any atom is -0.365 e. The number of hydrogen-bond acceptors (Lipinski definition) is 3. The first kappa shape index (κ1) is 21.1. The summed E-state index contributed by atoms with van der Waals surface area (Å²) in [5, 5.41) is 5.20.